The molecule has 2 aromatic carbocycles. The topological polar surface area (TPSA) is 38.8 Å². The summed E-state index contributed by atoms with van der Waals surface area (Å²) in [6, 6.07) is 13.6. The molecule has 0 N–H and O–H groups in total. The van der Waals surface area contributed by atoms with Gasteiger partial charge in [0.05, 0.1) is 14.2 Å². The van der Waals surface area contributed by atoms with Crippen LogP contribution in [0.2, 0.25) is 0 Å². The lowest BCUT2D eigenvalue weighted by molar-refractivity contribution is 0.104. The number of ketones is 1. The van der Waals surface area contributed by atoms with Crippen LogP contribution in [0.3, 0.4) is 0 Å². The number of carbonyl (C=O) groups excluding carboxylic acids is 1. The molecule has 0 spiro atoms. The van der Waals surface area contributed by atoms with Crippen molar-refractivity contribution in [3.8, 4) is 11.5 Å². The highest BCUT2D eigenvalue weighted by atomic mass is 19.2. The Morgan fingerprint density at radius 3 is 2.04 bits per heavy atom. The zero-order valence-corrected chi connectivity index (χ0v) is 15.4. The maximum absolute atomic E-state index is 13.6. The fourth-order valence-corrected chi connectivity index (χ4v) is 2.75. The van der Waals surface area contributed by atoms with Crippen molar-refractivity contribution < 1.29 is 22.9 Å². The van der Waals surface area contributed by atoms with Gasteiger partial charge in [0.2, 0.25) is 0 Å². The molecule has 0 atom stereocenters. The zero-order chi connectivity index (χ0) is 20.1. The van der Waals surface area contributed by atoms with Crippen molar-refractivity contribution in [3.63, 3.8) is 0 Å². The van der Waals surface area contributed by atoms with Crippen LogP contribution in [0.25, 0.3) is 5.57 Å². The Balaban J connectivity index is 1.85. The molecule has 0 saturated carbocycles. The Bertz CT molecular complexity index is 935. The van der Waals surface area contributed by atoms with Crippen molar-refractivity contribution in [2.45, 2.75) is 0 Å². The smallest absolute Gasteiger partial charge is 0.497 e. The number of methoxy groups -OCH3 is 2. The van der Waals surface area contributed by atoms with E-state index < -0.39 is 7.40 Å². The quantitative estimate of drug-likeness (QED) is 0.416. The molecule has 4 nitrogen and oxygen atoms in total. The lowest BCUT2D eigenvalue weighted by atomic mass is 9.98. The molecule has 0 aromatic heterocycles. The maximum Gasteiger partial charge on any atom is 0.677 e. The van der Waals surface area contributed by atoms with Crippen LogP contribution in [0.1, 0.15) is 15.9 Å². The molecule has 142 valence electrons. The van der Waals surface area contributed by atoms with Crippen LogP contribution in [0.5, 0.6) is 11.5 Å². The Morgan fingerprint density at radius 1 is 0.929 bits per heavy atom. The molecule has 1 heterocycles. The van der Waals surface area contributed by atoms with E-state index in [1.165, 1.54) is 25.5 Å². The van der Waals surface area contributed by atoms with Crippen LogP contribution in [0, 0.1) is 0 Å². The molecule has 0 bridgehead atoms. The van der Waals surface area contributed by atoms with Gasteiger partial charge in [-0.1, -0.05) is 18.2 Å². The Labute approximate surface area is 162 Å². The van der Waals surface area contributed by atoms with Crippen LogP contribution in [0.4, 0.5) is 8.63 Å². The third-order valence-corrected chi connectivity index (χ3v) is 4.30. The van der Waals surface area contributed by atoms with E-state index in [0.717, 1.165) is 10.4 Å². The first-order chi connectivity index (χ1) is 13.5. The highest BCUT2D eigenvalue weighted by Gasteiger charge is 2.28. The van der Waals surface area contributed by atoms with E-state index in [9.17, 15) is 13.4 Å². The van der Waals surface area contributed by atoms with Crippen molar-refractivity contribution in [1.29, 1.82) is 0 Å². The van der Waals surface area contributed by atoms with E-state index in [1.54, 1.807) is 61.7 Å². The van der Waals surface area contributed by atoms with Gasteiger partial charge in [-0.2, -0.15) is 0 Å². The molecular weight excluding hydrogens is 363 g/mol. The SMILES string of the molecule is COc1ccc(C(=O)/C=C2\C=CC(c3ccc(OC)cc3)=CN2B(F)F)cc1. The average Bonchev–Trinajstić information content (AvgIpc) is 2.74. The summed E-state index contributed by atoms with van der Waals surface area (Å²) in [5, 5.41) is 0. The van der Waals surface area contributed by atoms with Gasteiger partial charge in [-0.3, -0.25) is 13.4 Å². The molecule has 3 rings (SSSR count). The summed E-state index contributed by atoms with van der Waals surface area (Å²) < 4.78 is 37.3. The molecule has 0 aliphatic carbocycles. The van der Waals surface area contributed by atoms with E-state index in [2.05, 4.69) is 0 Å². The van der Waals surface area contributed by atoms with Gasteiger partial charge in [0.25, 0.3) is 0 Å². The van der Waals surface area contributed by atoms with Gasteiger partial charge >= 0.3 is 7.40 Å². The number of hydrogen-bond acceptors (Lipinski definition) is 4. The highest BCUT2D eigenvalue weighted by molar-refractivity contribution is 6.40. The molecule has 0 unspecified atom stereocenters. The Hall–Kier alpha value is -3.35. The minimum atomic E-state index is -2.78. The van der Waals surface area contributed by atoms with Crippen LogP contribution >= 0.6 is 0 Å². The summed E-state index contributed by atoms with van der Waals surface area (Å²) in [6.07, 6.45) is 5.74. The molecule has 0 amide bonds. The second kappa shape index (κ2) is 8.56. The summed E-state index contributed by atoms with van der Waals surface area (Å²) >= 11 is 0. The molecule has 1 aliphatic rings. The van der Waals surface area contributed by atoms with E-state index in [4.69, 9.17) is 9.47 Å². The lowest BCUT2D eigenvalue weighted by Crippen LogP contribution is -2.28. The van der Waals surface area contributed by atoms with Gasteiger partial charge in [-0.05, 0) is 53.6 Å². The number of allylic oxidation sites excluding steroid dienone is 4. The Morgan fingerprint density at radius 2 is 1.50 bits per heavy atom. The van der Waals surface area contributed by atoms with Crippen LogP contribution in [-0.2, 0) is 0 Å². The van der Waals surface area contributed by atoms with Crippen molar-refractivity contribution in [2.24, 2.45) is 0 Å². The first-order valence-corrected chi connectivity index (χ1v) is 8.52. The summed E-state index contributed by atoms with van der Waals surface area (Å²) in [7, 11) is 0.302. The zero-order valence-electron chi connectivity index (χ0n) is 15.4. The maximum atomic E-state index is 13.6. The van der Waals surface area contributed by atoms with Crippen molar-refractivity contribution >= 4 is 18.8 Å². The van der Waals surface area contributed by atoms with Gasteiger partial charge in [0.15, 0.2) is 5.78 Å². The first kappa shape index (κ1) is 19.4. The molecule has 7 heteroatoms. The van der Waals surface area contributed by atoms with Gasteiger partial charge in [-0.25, -0.2) is 0 Å². The van der Waals surface area contributed by atoms with Gasteiger partial charge in [-0.15, -0.1) is 0 Å². The third-order valence-electron chi connectivity index (χ3n) is 4.30. The average molecular weight is 381 g/mol. The summed E-state index contributed by atoms with van der Waals surface area (Å²) in [5.41, 5.74) is 1.88. The van der Waals surface area contributed by atoms with Crippen LogP contribution < -0.4 is 9.47 Å². The van der Waals surface area contributed by atoms with Gasteiger partial charge < -0.3 is 14.3 Å². The normalized spacial score (nSPS) is 14.6. The second-order valence-corrected chi connectivity index (χ2v) is 5.99. The number of hydrogen-bond donors (Lipinski definition) is 0. The highest BCUT2D eigenvalue weighted by Crippen LogP contribution is 2.27. The fourth-order valence-electron chi connectivity index (χ4n) is 2.75. The predicted molar refractivity (Wildman–Crippen MR) is 105 cm³/mol. The number of ether oxygens (including phenoxy) is 2. The predicted octanol–water partition coefficient (Wildman–Crippen LogP) is 4.61. The van der Waals surface area contributed by atoms with E-state index in [-0.39, 0.29) is 11.5 Å². The monoisotopic (exact) mass is 381 g/mol. The minimum absolute atomic E-state index is 0.119. The van der Waals surface area contributed by atoms with Crippen LogP contribution in [-0.4, -0.2) is 32.2 Å². The molecule has 0 fully saturated rings. The molecular formula is C21H18BF2NO3. The van der Waals surface area contributed by atoms with Crippen LogP contribution in [0.15, 0.2) is 78.7 Å². The standard InChI is InChI=1S/C21H18BF2NO3/c1-27-19-9-4-15(5-10-19)17-3-8-18(25(14-17)22(23)24)13-21(26)16-6-11-20(28-2)12-7-16/h3-14H,1-2H3/b18-13+. The third kappa shape index (κ3) is 4.31. The number of benzene rings is 2. The van der Waals surface area contributed by atoms with Crippen molar-refractivity contribution in [1.82, 2.24) is 4.81 Å². The van der Waals surface area contributed by atoms with Gasteiger partial charge in [0.1, 0.15) is 11.5 Å². The van der Waals surface area contributed by atoms with Gasteiger partial charge in [0, 0.05) is 23.5 Å². The lowest BCUT2D eigenvalue weighted by Gasteiger charge is -2.23. The molecule has 28 heavy (non-hydrogen) atoms. The molecule has 1 aliphatic heterocycles. The second-order valence-electron chi connectivity index (χ2n) is 5.99. The molecule has 0 saturated heterocycles. The number of carbonyl (C=O) groups is 1. The fraction of sp³-hybridized carbons (Fsp3) is 0.0952. The molecule has 2 aromatic rings. The van der Waals surface area contributed by atoms with Crippen molar-refractivity contribution in [3.05, 3.63) is 89.8 Å². The number of halogens is 2. The summed E-state index contributed by atoms with van der Waals surface area (Å²) in [5.74, 6) is 0.929. The van der Waals surface area contributed by atoms with Crippen molar-refractivity contribution in [2.75, 3.05) is 14.2 Å². The Kier molecular flexibility index (Phi) is 5.94. The minimum Gasteiger partial charge on any atom is -0.497 e. The number of nitrogens with zero attached hydrogens (tertiary/aromatic N) is 1. The molecule has 0 radical (unpaired) electrons. The van der Waals surface area contributed by atoms with E-state index in [1.807, 2.05) is 0 Å². The first-order valence-electron chi connectivity index (χ1n) is 8.52. The largest absolute Gasteiger partial charge is 0.677 e. The number of rotatable bonds is 6. The van der Waals surface area contributed by atoms with E-state index >= 15 is 0 Å². The summed E-state index contributed by atoms with van der Waals surface area (Å²) in [6.45, 7) is 0. The van der Waals surface area contributed by atoms with E-state index in [0.29, 0.717) is 22.6 Å². The summed E-state index contributed by atoms with van der Waals surface area (Å²) in [4.78, 5) is 13.2.